The van der Waals surface area contributed by atoms with Crippen LogP contribution in [0, 0.1) is 6.92 Å². The van der Waals surface area contributed by atoms with Crippen LogP contribution in [0.1, 0.15) is 22.8 Å². The van der Waals surface area contributed by atoms with Crippen molar-refractivity contribution < 1.29 is 9.53 Å². The molecule has 110 valence electrons. The summed E-state index contributed by atoms with van der Waals surface area (Å²) in [6.07, 6.45) is 0. The molecule has 0 aromatic heterocycles. The van der Waals surface area contributed by atoms with Crippen molar-refractivity contribution in [3.8, 4) is 5.75 Å². The standard InChI is InChI=1S/C16H17BrN2O2/c1-3-21-15-8-10(2)4-7-14(15)19-16(20)11-5-6-12(17)13(18)9-11/h4-9H,3,18H2,1-2H3,(H,19,20). The lowest BCUT2D eigenvalue weighted by Gasteiger charge is -2.12. The maximum absolute atomic E-state index is 12.3. The molecule has 3 N–H and O–H groups in total. The number of anilines is 2. The molecule has 0 bridgehead atoms. The van der Waals surface area contributed by atoms with E-state index in [1.54, 1.807) is 18.2 Å². The lowest BCUT2D eigenvalue weighted by molar-refractivity contribution is 0.102. The van der Waals surface area contributed by atoms with Gasteiger partial charge in [0.05, 0.1) is 12.3 Å². The van der Waals surface area contributed by atoms with Crippen molar-refractivity contribution in [3.05, 3.63) is 52.0 Å². The lowest BCUT2D eigenvalue weighted by Crippen LogP contribution is -2.13. The third-order valence-corrected chi connectivity index (χ3v) is 3.67. The summed E-state index contributed by atoms with van der Waals surface area (Å²) in [6, 6.07) is 10.8. The van der Waals surface area contributed by atoms with E-state index in [1.165, 1.54) is 0 Å². The van der Waals surface area contributed by atoms with Crippen LogP contribution in [0.5, 0.6) is 5.75 Å². The van der Waals surface area contributed by atoms with Crippen molar-refractivity contribution in [3.63, 3.8) is 0 Å². The van der Waals surface area contributed by atoms with Crippen LogP contribution in [-0.4, -0.2) is 12.5 Å². The predicted octanol–water partition coefficient (Wildman–Crippen LogP) is 3.99. The molecule has 1 amide bonds. The van der Waals surface area contributed by atoms with E-state index in [9.17, 15) is 4.79 Å². The molecule has 0 fully saturated rings. The number of benzene rings is 2. The number of carbonyl (C=O) groups excluding carboxylic acids is 1. The number of amides is 1. The molecule has 0 spiro atoms. The summed E-state index contributed by atoms with van der Waals surface area (Å²) in [5, 5.41) is 2.85. The molecule has 0 aliphatic heterocycles. The number of halogens is 1. The second-order valence-electron chi connectivity index (χ2n) is 4.62. The van der Waals surface area contributed by atoms with Gasteiger partial charge in [0.25, 0.3) is 5.91 Å². The minimum Gasteiger partial charge on any atom is -0.492 e. The summed E-state index contributed by atoms with van der Waals surface area (Å²) < 4.78 is 6.32. The highest BCUT2D eigenvalue weighted by atomic mass is 79.9. The zero-order chi connectivity index (χ0) is 15.4. The van der Waals surface area contributed by atoms with Gasteiger partial charge in [-0.15, -0.1) is 0 Å². The third kappa shape index (κ3) is 3.76. The van der Waals surface area contributed by atoms with Crippen LogP contribution in [0.25, 0.3) is 0 Å². The number of nitrogens with one attached hydrogen (secondary N) is 1. The summed E-state index contributed by atoms with van der Waals surface area (Å²) in [5.41, 5.74) is 8.54. The summed E-state index contributed by atoms with van der Waals surface area (Å²) in [7, 11) is 0. The average molecular weight is 349 g/mol. The van der Waals surface area contributed by atoms with E-state index in [1.807, 2.05) is 32.0 Å². The highest BCUT2D eigenvalue weighted by molar-refractivity contribution is 9.10. The quantitative estimate of drug-likeness (QED) is 0.821. The molecule has 5 heteroatoms. The molecule has 4 nitrogen and oxygen atoms in total. The number of nitrogen functional groups attached to an aromatic ring is 1. The summed E-state index contributed by atoms with van der Waals surface area (Å²) in [4.78, 5) is 12.3. The van der Waals surface area contributed by atoms with Gasteiger partial charge in [-0.25, -0.2) is 0 Å². The van der Waals surface area contributed by atoms with Gasteiger partial charge in [0.15, 0.2) is 0 Å². The van der Waals surface area contributed by atoms with Gasteiger partial charge in [0.1, 0.15) is 5.75 Å². The van der Waals surface area contributed by atoms with E-state index < -0.39 is 0 Å². The van der Waals surface area contributed by atoms with Crippen LogP contribution in [0.4, 0.5) is 11.4 Å². The van der Waals surface area contributed by atoms with Gasteiger partial charge < -0.3 is 15.8 Å². The molecule has 0 heterocycles. The smallest absolute Gasteiger partial charge is 0.255 e. The number of rotatable bonds is 4. The maximum atomic E-state index is 12.3. The first-order valence-electron chi connectivity index (χ1n) is 6.61. The van der Waals surface area contributed by atoms with Gasteiger partial charge in [-0.2, -0.15) is 0 Å². The number of nitrogens with two attached hydrogens (primary N) is 1. The molecule has 0 radical (unpaired) electrons. The summed E-state index contributed by atoms with van der Waals surface area (Å²) in [6.45, 7) is 4.42. The molecule has 0 aliphatic carbocycles. The van der Waals surface area contributed by atoms with E-state index in [0.29, 0.717) is 29.3 Å². The number of hydrogen-bond acceptors (Lipinski definition) is 3. The fourth-order valence-electron chi connectivity index (χ4n) is 1.89. The number of ether oxygens (including phenoxy) is 1. The maximum Gasteiger partial charge on any atom is 0.255 e. The lowest BCUT2D eigenvalue weighted by atomic mass is 10.1. The Morgan fingerprint density at radius 3 is 2.71 bits per heavy atom. The van der Waals surface area contributed by atoms with Crippen molar-refractivity contribution in [2.45, 2.75) is 13.8 Å². The molecule has 2 rings (SSSR count). The van der Waals surface area contributed by atoms with Gasteiger partial charge in [-0.3, -0.25) is 4.79 Å². The van der Waals surface area contributed by atoms with Crippen LogP contribution in [0.2, 0.25) is 0 Å². The van der Waals surface area contributed by atoms with E-state index in [4.69, 9.17) is 10.5 Å². The largest absolute Gasteiger partial charge is 0.492 e. The van der Waals surface area contributed by atoms with Crippen molar-refractivity contribution in [1.82, 2.24) is 0 Å². The topological polar surface area (TPSA) is 64.3 Å². The van der Waals surface area contributed by atoms with Crippen molar-refractivity contribution in [2.75, 3.05) is 17.7 Å². The molecule has 2 aromatic carbocycles. The highest BCUT2D eigenvalue weighted by Gasteiger charge is 2.11. The number of hydrogen-bond donors (Lipinski definition) is 2. The molecule has 0 aliphatic rings. The van der Waals surface area contributed by atoms with Gasteiger partial charge in [-0.1, -0.05) is 6.07 Å². The Balaban J connectivity index is 2.24. The molecule has 2 aromatic rings. The zero-order valence-electron chi connectivity index (χ0n) is 11.9. The second-order valence-corrected chi connectivity index (χ2v) is 5.48. The van der Waals surface area contributed by atoms with E-state index in [2.05, 4.69) is 21.2 Å². The van der Waals surface area contributed by atoms with Gasteiger partial charge in [0, 0.05) is 15.7 Å². The molecule has 0 atom stereocenters. The fraction of sp³-hybridized carbons (Fsp3) is 0.188. The first-order valence-corrected chi connectivity index (χ1v) is 7.40. The molecule has 0 saturated heterocycles. The molecule has 0 unspecified atom stereocenters. The zero-order valence-corrected chi connectivity index (χ0v) is 13.5. The molecular formula is C16H17BrN2O2. The molecule has 21 heavy (non-hydrogen) atoms. The SMILES string of the molecule is CCOc1cc(C)ccc1NC(=O)c1ccc(Br)c(N)c1. The van der Waals surface area contributed by atoms with Crippen LogP contribution in [0.3, 0.4) is 0 Å². The first kappa shape index (κ1) is 15.4. The molecular weight excluding hydrogens is 332 g/mol. The third-order valence-electron chi connectivity index (χ3n) is 2.94. The van der Waals surface area contributed by atoms with Crippen LogP contribution in [-0.2, 0) is 0 Å². The Labute approximate surface area is 132 Å². The van der Waals surface area contributed by atoms with Gasteiger partial charge in [-0.05, 0) is 65.7 Å². The predicted molar refractivity (Wildman–Crippen MR) is 88.9 cm³/mol. The first-order chi connectivity index (χ1) is 10.0. The van der Waals surface area contributed by atoms with E-state index >= 15 is 0 Å². The Hall–Kier alpha value is -2.01. The van der Waals surface area contributed by atoms with Crippen LogP contribution < -0.4 is 15.8 Å². The van der Waals surface area contributed by atoms with Crippen molar-refractivity contribution >= 4 is 33.2 Å². The van der Waals surface area contributed by atoms with E-state index in [0.717, 1.165) is 10.0 Å². The minimum atomic E-state index is -0.223. The van der Waals surface area contributed by atoms with E-state index in [-0.39, 0.29) is 5.91 Å². The van der Waals surface area contributed by atoms with Gasteiger partial charge >= 0.3 is 0 Å². The monoisotopic (exact) mass is 348 g/mol. The summed E-state index contributed by atoms with van der Waals surface area (Å²) in [5.74, 6) is 0.440. The Kier molecular flexibility index (Phi) is 4.85. The van der Waals surface area contributed by atoms with Gasteiger partial charge in [0.2, 0.25) is 0 Å². The van der Waals surface area contributed by atoms with Crippen molar-refractivity contribution in [2.24, 2.45) is 0 Å². The van der Waals surface area contributed by atoms with Crippen molar-refractivity contribution in [1.29, 1.82) is 0 Å². The normalized spacial score (nSPS) is 10.2. The minimum absolute atomic E-state index is 0.223. The summed E-state index contributed by atoms with van der Waals surface area (Å²) >= 11 is 3.31. The van der Waals surface area contributed by atoms with Crippen LogP contribution >= 0.6 is 15.9 Å². The Bertz CT molecular complexity index is 671. The fourth-order valence-corrected chi connectivity index (χ4v) is 2.13. The average Bonchev–Trinajstić information content (AvgIpc) is 2.45. The Morgan fingerprint density at radius 1 is 1.29 bits per heavy atom. The second kappa shape index (κ2) is 6.63. The van der Waals surface area contributed by atoms with Crippen LogP contribution in [0.15, 0.2) is 40.9 Å². The number of aryl methyl sites for hydroxylation is 1. The highest BCUT2D eigenvalue weighted by Crippen LogP contribution is 2.27. The number of carbonyl (C=O) groups is 1. The molecule has 0 saturated carbocycles. The Morgan fingerprint density at radius 2 is 2.05 bits per heavy atom.